The molecule has 0 aromatic heterocycles. The number of nitrogens with zero attached hydrogens (tertiary/aromatic N) is 3. The number of nitro groups is 1. The topological polar surface area (TPSA) is 233 Å². The number of phenols is 1. The van der Waals surface area contributed by atoms with E-state index in [1.807, 2.05) is 45.0 Å². The fraction of sp³-hybridized carbons (Fsp3) is 0.500. The van der Waals surface area contributed by atoms with E-state index < -0.39 is 49.0 Å². The summed E-state index contributed by atoms with van der Waals surface area (Å²) >= 11 is 0. The summed E-state index contributed by atoms with van der Waals surface area (Å²) in [4.78, 5) is 59.6. The number of aromatic hydroxyl groups is 1. The monoisotopic (exact) mass is 895 g/mol. The van der Waals surface area contributed by atoms with E-state index in [0.29, 0.717) is 38.8 Å². The lowest BCUT2D eigenvalue weighted by atomic mass is 10.0. The van der Waals surface area contributed by atoms with E-state index in [4.69, 9.17) is 23.5 Å². The molecule has 63 heavy (non-hydrogen) atoms. The van der Waals surface area contributed by atoms with Crippen LogP contribution in [0.1, 0.15) is 91.2 Å². The Labute approximate surface area is 367 Å². The van der Waals surface area contributed by atoms with Crippen LogP contribution in [0, 0.1) is 10.1 Å². The molecule has 3 N–H and O–H groups in total. The minimum atomic E-state index is -4.28. The van der Waals surface area contributed by atoms with E-state index in [0.717, 1.165) is 66.1 Å². The van der Waals surface area contributed by atoms with Crippen molar-refractivity contribution in [3.05, 3.63) is 81.9 Å². The van der Waals surface area contributed by atoms with Gasteiger partial charge in [-0.3, -0.25) is 23.9 Å². The highest BCUT2D eigenvalue weighted by Gasteiger charge is 2.33. The molecule has 19 heteroatoms. The van der Waals surface area contributed by atoms with Crippen molar-refractivity contribution in [2.45, 2.75) is 121 Å². The van der Waals surface area contributed by atoms with Crippen molar-refractivity contribution < 1.29 is 56.0 Å². The number of fused-ring (bicyclic) bond motifs is 2. The zero-order valence-electron chi connectivity index (χ0n) is 36.5. The van der Waals surface area contributed by atoms with E-state index in [9.17, 15) is 37.7 Å². The van der Waals surface area contributed by atoms with Crippen LogP contribution in [0.25, 0.3) is 0 Å². The number of phenolic OH excluding ortho intramolecular Hbond substituents is 1. The normalized spacial score (nSPS) is 16.9. The molecule has 0 radical (unpaired) electrons. The smallest absolute Gasteiger partial charge is 0.410 e. The lowest BCUT2D eigenvalue weighted by Crippen LogP contribution is -2.44. The van der Waals surface area contributed by atoms with Crippen LogP contribution in [-0.2, 0) is 46.2 Å². The molecule has 2 fully saturated rings. The SMILES string of the molecule is CC(C)(C)OC(=O)N1CCC(OS(=O)(=O)c2ccccc2[N+](=O)[O-])CC1.CC(C)(C)OC(=O)N1CCC(Oc2ccc3c(c2)NC(=O)CC3)CC1.O=C1CCc2ccc(O)cc2N1. The maximum absolute atomic E-state index is 12.4. The third-order valence-corrected chi connectivity index (χ3v) is 11.5. The minimum Gasteiger partial charge on any atom is -0.508 e. The summed E-state index contributed by atoms with van der Waals surface area (Å²) in [7, 11) is -4.28. The molecule has 0 aliphatic carbocycles. The Hall–Kier alpha value is -5.95. The van der Waals surface area contributed by atoms with E-state index in [1.54, 1.807) is 37.8 Å². The van der Waals surface area contributed by atoms with E-state index in [1.165, 1.54) is 17.0 Å². The average molecular weight is 896 g/mol. The first kappa shape index (κ1) is 48.1. The van der Waals surface area contributed by atoms with Crippen molar-refractivity contribution in [1.29, 1.82) is 0 Å². The molecule has 0 spiro atoms. The van der Waals surface area contributed by atoms with Crippen molar-refractivity contribution >= 4 is 51.2 Å². The Morgan fingerprint density at radius 3 is 1.70 bits per heavy atom. The maximum Gasteiger partial charge on any atom is 0.410 e. The summed E-state index contributed by atoms with van der Waals surface area (Å²) in [6.45, 7) is 12.7. The van der Waals surface area contributed by atoms with Gasteiger partial charge in [0.2, 0.25) is 11.8 Å². The number of ether oxygens (including phenoxy) is 3. The highest BCUT2D eigenvalue weighted by atomic mass is 32.2. The maximum atomic E-state index is 12.4. The highest BCUT2D eigenvalue weighted by molar-refractivity contribution is 7.87. The van der Waals surface area contributed by atoms with Crippen LogP contribution in [0.2, 0.25) is 0 Å². The number of nitro benzene ring substituents is 1. The summed E-state index contributed by atoms with van der Waals surface area (Å²) in [6, 6.07) is 15.9. The predicted octanol–water partition coefficient (Wildman–Crippen LogP) is 7.33. The van der Waals surface area contributed by atoms with Crippen LogP contribution in [0.5, 0.6) is 11.5 Å². The molecule has 3 aromatic rings. The number of hydrogen-bond donors (Lipinski definition) is 3. The lowest BCUT2D eigenvalue weighted by Gasteiger charge is -2.33. The number of likely N-dealkylation sites (tertiary alicyclic amines) is 2. The molecule has 2 saturated heterocycles. The van der Waals surface area contributed by atoms with Crippen LogP contribution in [0.15, 0.2) is 65.6 Å². The fourth-order valence-corrected chi connectivity index (χ4v) is 8.27. The molecule has 7 rings (SSSR count). The minimum absolute atomic E-state index is 0.0214. The molecule has 3 aromatic carbocycles. The molecule has 342 valence electrons. The molecule has 4 aliphatic rings. The summed E-state index contributed by atoms with van der Waals surface area (Å²) < 4.78 is 46.7. The van der Waals surface area contributed by atoms with Crippen LogP contribution < -0.4 is 15.4 Å². The van der Waals surface area contributed by atoms with Gasteiger partial charge >= 0.3 is 22.3 Å². The van der Waals surface area contributed by atoms with Gasteiger partial charge in [-0.05, 0) is 96.6 Å². The van der Waals surface area contributed by atoms with E-state index in [2.05, 4.69) is 10.6 Å². The summed E-state index contributed by atoms with van der Waals surface area (Å²) in [6.07, 6.45) is 3.42. The van der Waals surface area contributed by atoms with Gasteiger partial charge in [-0.2, -0.15) is 8.42 Å². The number of hydrogen-bond acceptors (Lipinski definition) is 13. The van der Waals surface area contributed by atoms with Crippen molar-refractivity contribution in [3.63, 3.8) is 0 Å². The largest absolute Gasteiger partial charge is 0.508 e. The van der Waals surface area contributed by atoms with Crippen molar-refractivity contribution in [2.75, 3.05) is 36.8 Å². The highest BCUT2D eigenvalue weighted by Crippen LogP contribution is 2.31. The van der Waals surface area contributed by atoms with Gasteiger partial charge in [0.25, 0.3) is 5.69 Å². The van der Waals surface area contributed by atoms with Gasteiger partial charge in [-0.25, -0.2) is 9.59 Å². The fourth-order valence-electron chi connectivity index (χ4n) is 6.97. The lowest BCUT2D eigenvalue weighted by molar-refractivity contribution is -0.387. The first-order valence-electron chi connectivity index (χ1n) is 20.9. The number of nitrogens with one attached hydrogen (secondary N) is 2. The number of benzene rings is 3. The quantitative estimate of drug-likeness (QED) is 0.125. The second kappa shape index (κ2) is 20.5. The Morgan fingerprint density at radius 2 is 1.19 bits per heavy atom. The van der Waals surface area contributed by atoms with Crippen molar-refractivity contribution in [1.82, 2.24) is 9.80 Å². The molecule has 4 amide bonds. The number of piperidine rings is 2. The standard InChI is InChI=1S/C19H26N2O4.C16H22N2O7S.C9H9NO2/c1-19(2,3)25-18(23)21-10-8-14(9-11-21)24-15-6-4-13-5-7-17(22)20-16(13)12-15;1-16(2,3)24-15(19)17-10-8-12(9-11-17)25-26(22,23)14-7-5-4-6-13(14)18(20)21;11-7-3-1-6-2-4-9(12)10-8(6)5-7/h4,6,12,14H,5,7-11H2,1-3H3,(H,20,22);4-7,12H,8-11H2,1-3H3;1,3,5,11H,2,4H2,(H,10,12). The van der Waals surface area contributed by atoms with Gasteiger partial charge in [0.15, 0.2) is 4.90 Å². The molecule has 0 saturated carbocycles. The number of para-hydroxylation sites is 1. The molecule has 4 heterocycles. The Morgan fingerprint density at radius 1 is 0.714 bits per heavy atom. The van der Waals surface area contributed by atoms with Crippen LogP contribution >= 0.6 is 0 Å². The number of aryl methyl sites for hydroxylation is 2. The van der Waals surface area contributed by atoms with E-state index >= 15 is 0 Å². The van der Waals surface area contributed by atoms with Crippen LogP contribution in [0.4, 0.5) is 26.7 Å². The molecule has 0 atom stereocenters. The van der Waals surface area contributed by atoms with Gasteiger partial charge in [-0.15, -0.1) is 0 Å². The van der Waals surface area contributed by atoms with Crippen molar-refractivity contribution in [2.24, 2.45) is 0 Å². The van der Waals surface area contributed by atoms with Gasteiger partial charge in [0.05, 0.1) is 11.0 Å². The van der Waals surface area contributed by atoms with Crippen LogP contribution in [-0.4, -0.2) is 102 Å². The summed E-state index contributed by atoms with van der Waals surface area (Å²) in [5.74, 6) is 1.02. The molecular formula is C44H57N5O13S. The number of carbonyl (C=O) groups excluding carboxylic acids is 4. The molecule has 0 bridgehead atoms. The number of rotatable bonds is 6. The number of carbonyl (C=O) groups is 4. The molecule has 4 aliphatic heterocycles. The summed E-state index contributed by atoms with van der Waals surface area (Å²) in [5.41, 5.74) is 2.21. The Kier molecular flexibility index (Phi) is 15.6. The molecule has 18 nitrogen and oxygen atoms in total. The summed E-state index contributed by atoms with van der Waals surface area (Å²) in [5, 5.41) is 25.7. The first-order chi connectivity index (χ1) is 29.5. The second-order valence-electron chi connectivity index (χ2n) is 17.5. The molecule has 0 unspecified atom stereocenters. The molecular weight excluding hydrogens is 839 g/mol. The average Bonchev–Trinajstić information content (AvgIpc) is 3.20. The van der Waals surface area contributed by atoms with Crippen molar-refractivity contribution in [3.8, 4) is 11.5 Å². The Balaban J connectivity index is 0.000000189. The zero-order chi connectivity index (χ0) is 46.1. The number of anilines is 2. The van der Waals surface area contributed by atoms with Crippen LogP contribution in [0.3, 0.4) is 0 Å². The van der Waals surface area contributed by atoms with Gasteiger partial charge < -0.3 is 39.8 Å². The third kappa shape index (κ3) is 14.6. The first-order valence-corrected chi connectivity index (χ1v) is 22.3. The third-order valence-electron chi connectivity index (χ3n) is 10.0. The zero-order valence-corrected chi connectivity index (χ0v) is 37.3. The van der Waals surface area contributed by atoms with E-state index in [-0.39, 0.29) is 42.9 Å². The number of amides is 4. The van der Waals surface area contributed by atoms with Gasteiger partial charge in [0, 0.05) is 81.4 Å². The predicted molar refractivity (Wildman–Crippen MR) is 232 cm³/mol. The van der Waals surface area contributed by atoms with Gasteiger partial charge in [-0.1, -0.05) is 24.3 Å². The Bertz CT molecular complexity index is 2260. The second-order valence-corrected chi connectivity index (χ2v) is 19.0. The van der Waals surface area contributed by atoms with Gasteiger partial charge in [0.1, 0.15) is 28.8 Å².